The lowest BCUT2D eigenvalue weighted by atomic mass is 10.1. The Morgan fingerprint density at radius 2 is 1.81 bits per heavy atom. The molecule has 1 aromatic carbocycles. The van der Waals surface area contributed by atoms with E-state index in [2.05, 4.69) is 30.9 Å². The van der Waals surface area contributed by atoms with Crippen LogP contribution in [-0.2, 0) is 0 Å². The highest BCUT2D eigenvalue weighted by Gasteiger charge is 2.14. The third kappa shape index (κ3) is 2.91. The Bertz CT molecular complexity index is 849. The first-order chi connectivity index (χ1) is 10.2. The minimum Gasteiger partial charge on any atom is -0.304 e. The molecule has 0 unspecified atom stereocenters. The maximum Gasteiger partial charge on any atom is 0.265 e. The number of hydrogen-bond acceptors (Lipinski definition) is 3. The van der Waals surface area contributed by atoms with Gasteiger partial charge in [0.15, 0.2) is 5.82 Å². The highest BCUT2D eigenvalue weighted by molar-refractivity contribution is 14.1. The molecule has 4 nitrogen and oxygen atoms in total. The molecule has 0 bridgehead atoms. The predicted octanol–water partition coefficient (Wildman–Crippen LogP) is 3.87. The number of halogens is 2. The third-order valence-corrected chi connectivity index (χ3v) is 4.53. The van der Waals surface area contributed by atoms with Crippen molar-refractivity contribution in [2.45, 2.75) is 0 Å². The summed E-state index contributed by atoms with van der Waals surface area (Å²) in [6.07, 6.45) is 1.67. The summed E-state index contributed by atoms with van der Waals surface area (Å²) in [5.41, 5.74) is 2.01. The van der Waals surface area contributed by atoms with Crippen LogP contribution >= 0.6 is 38.5 Å². The molecule has 2 aromatic heterocycles. The summed E-state index contributed by atoms with van der Waals surface area (Å²) in [7, 11) is 0. The number of benzene rings is 1. The van der Waals surface area contributed by atoms with Gasteiger partial charge in [-0.05, 0) is 50.7 Å². The molecule has 3 rings (SSSR count). The number of nitrogens with one attached hydrogen (secondary N) is 1. The highest BCUT2D eigenvalue weighted by atomic mass is 127. The summed E-state index contributed by atoms with van der Waals surface area (Å²) in [5.74, 6) is 0.451. The van der Waals surface area contributed by atoms with Gasteiger partial charge in [-0.15, -0.1) is 0 Å². The number of H-pyrrole nitrogens is 1. The largest absolute Gasteiger partial charge is 0.304 e. The van der Waals surface area contributed by atoms with Gasteiger partial charge in [0.25, 0.3) is 5.56 Å². The molecule has 6 heteroatoms. The number of nitrogens with zero attached hydrogens (tertiary/aromatic N) is 2. The molecule has 1 N–H and O–H groups in total. The Balaban J connectivity index is 2.24. The monoisotopic (exact) mass is 453 g/mol. The maximum absolute atomic E-state index is 12.2. The topological polar surface area (TPSA) is 58.6 Å². The van der Waals surface area contributed by atoms with E-state index < -0.39 is 0 Å². The zero-order valence-electron chi connectivity index (χ0n) is 10.7. The van der Waals surface area contributed by atoms with Gasteiger partial charge in [-0.1, -0.05) is 30.3 Å². The van der Waals surface area contributed by atoms with E-state index in [1.165, 1.54) is 0 Å². The van der Waals surface area contributed by atoms with Crippen LogP contribution in [0.1, 0.15) is 0 Å². The first kappa shape index (κ1) is 14.4. The van der Waals surface area contributed by atoms with Crippen molar-refractivity contribution in [1.82, 2.24) is 15.0 Å². The van der Waals surface area contributed by atoms with E-state index in [0.29, 0.717) is 20.8 Å². The Hall–Kier alpha value is -1.54. The van der Waals surface area contributed by atoms with Crippen molar-refractivity contribution in [3.8, 4) is 22.8 Å². The Morgan fingerprint density at radius 3 is 2.52 bits per heavy atom. The van der Waals surface area contributed by atoms with Crippen LogP contribution < -0.4 is 5.56 Å². The molecular formula is C15H9BrIN3O. The highest BCUT2D eigenvalue weighted by Crippen LogP contribution is 2.26. The minimum atomic E-state index is -0.169. The molecule has 0 saturated heterocycles. The maximum atomic E-state index is 12.2. The van der Waals surface area contributed by atoms with Gasteiger partial charge in [0, 0.05) is 16.2 Å². The lowest BCUT2D eigenvalue weighted by Crippen LogP contribution is -2.15. The Labute approximate surface area is 142 Å². The normalized spacial score (nSPS) is 10.6. The number of hydrogen-bond donors (Lipinski definition) is 1. The van der Waals surface area contributed by atoms with Gasteiger partial charge in [0.05, 0.1) is 5.69 Å². The molecule has 0 aliphatic rings. The van der Waals surface area contributed by atoms with Crippen molar-refractivity contribution in [3.05, 3.63) is 67.1 Å². The van der Waals surface area contributed by atoms with Gasteiger partial charge in [0.1, 0.15) is 9.26 Å². The summed E-state index contributed by atoms with van der Waals surface area (Å²) >= 11 is 5.45. The third-order valence-electron chi connectivity index (χ3n) is 2.89. The fourth-order valence-corrected chi connectivity index (χ4v) is 2.93. The fraction of sp³-hybridized carbons (Fsp3) is 0. The van der Waals surface area contributed by atoms with E-state index in [4.69, 9.17) is 0 Å². The number of pyridine rings is 1. The van der Waals surface area contributed by atoms with Crippen LogP contribution in [0, 0.1) is 3.57 Å². The molecule has 0 amide bonds. The zero-order valence-corrected chi connectivity index (χ0v) is 14.4. The molecule has 0 atom stereocenters. The van der Waals surface area contributed by atoms with Gasteiger partial charge in [-0.2, -0.15) is 0 Å². The quantitative estimate of drug-likeness (QED) is 0.599. The van der Waals surface area contributed by atoms with E-state index >= 15 is 0 Å². The summed E-state index contributed by atoms with van der Waals surface area (Å²) in [6, 6.07) is 13.3. The molecule has 0 radical (unpaired) electrons. The molecule has 0 aliphatic heterocycles. The van der Waals surface area contributed by atoms with Crippen molar-refractivity contribution < 1.29 is 0 Å². The SMILES string of the molecule is O=c1[nH]c(-c2ncccc2Br)nc(-c2ccccc2)c1I. The Kier molecular flexibility index (Phi) is 4.16. The van der Waals surface area contributed by atoms with E-state index in [0.717, 1.165) is 10.0 Å². The molecule has 0 fully saturated rings. The van der Waals surface area contributed by atoms with Crippen LogP contribution in [0.3, 0.4) is 0 Å². The summed E-state index contributed by atoms with van der Waals surface area (Å²) in [5, 5.41) is 0. The molecule has 3 aromatic rings. The molecule has 2 heterocycles. The molecule has 0 aliphatic carbocycles. The first-order valence-corrected chi connectivity index (χ1v) is 8.00. The minimum absolute atomic E-state index is 0.169. The van der Waals surface area contributed by atoms with Crippen LogP contribution in [0.15, 0.2) is 57.9 Å². The van der Waals surface area contributed by atoms with E-state index in [1.807, 2.05) is 65.1 Å². The number of aromatic nitrogens is 3. The fourth-order valence-electron chi connectivity index (χ4n) is 1.92. The van der Waals surface area contributed by atoms with Crippen LogP contribution in [-0.4, -0.2) is 15.0 Å². The summed E-state index contributed by atoms with van der Waals surface area (Å²) in [4.78, 5) is 23.8. The summed E-state index contributed by atoms with van der Waals surface area (Å²) in [6.45, 7) is 0. The first-order valence-electron chi connectivity index (χ1n) is 6.13. The van der Waals surface area contributed by atoms with Crippen LogP contribution in [0.25, 0.3) is 22.8 Å². The van der Waals surface area contributed by atoms with Gasteiger partial charge < -0.3 is 4.98 Å². The molecule has 0 saturated carbocycles. The van der Waals surface area contributed by atoms with Crippen molar-refractivity contribution in [2.75, 3.05) is 0 Å². The van der Waals surface area contributed by atoms with Crippen LogP contribution in [0.5, 0.6) is 0 Å². The van der Waals surface area contributed by atoms with Crippen molar-refractivity contribution >= 4 is 38.5 Å². The van der Waals surface area contributed by atoms with E-state index in [-0.39, 0.29) is 5.56 Å². The van der Waals surface area contributed by atoms with Crippen molar-refractivity contribution in [3.63, 3.8) is 0 Å². The lowest BCUT2D eigenvalue weighted by Gasteiger charge is -2.07. The number of aromatic amines is 1. The summed E-state index contributed by atoms with van der Waals surface area (Å²) < 4.78 is 1.35. The van der Waals surface area contributed by atoms with Gasteiger partial charge in [0.2, 0.25) is 0 Å². The second kappa shape index (κ2) is 6.07. The Morgan fingerprint density at radius 1 is 1.05 bits per heavy atom. The van der Waals surface area contributed by atoms with Gasteiger partial charge in [-0.25, -0.2) is 4.98 Å². The van der Waals surface area contributed by atoms with Gasteiger partial charge in [-0.3, -0.25) is 9.78 Å². The van der Waals surface area contributed by atoms with Crippen LogP contribution in [0.2, 0.25) is 0 Å². The van der Waals surface area contributed by atoms with E-state index in [9.17, 15) is 4.79 Å². The van der Waals surface area contributed by atoms with E-state index in [1.54, 1.807) is 6.20 Å². The zero-order chi connectivity index (χ0) is 14.8. The predicted molar refractivity (Wildman–Crippen MR) is 93.9 cm³/mol. The van der Waals surface area contributed by atoms with Crippen molar-refractivity contribution in [2.24, 2.45) is 0 Å². The lowest BCUT2D eigenvalue weighted by molar-refractivity contribution is 1.09. The molecule has 104 valence electrons. The standard InChI is InChI=1S/C15H9BrIN3O/c16-10-7-4-8-18-13(10)14-19-12(11(17)15(21)20-14)9-5-2-1-3-6-9/h1-8H,(H,19,20,21). The second-order valence-electron chi connectivity index (χ2n) is 4.28. The average molecular weight is 454 g/mol. The van der Waals surface area contributed by atoms with Gasteiger partial charge >= 0.3 is 0 Å². The molecular weight excluding hydrogens is 445 g/mol. The molecule has 0 spiro atoms. The van der Waals surface area contributed by atoms with Crippen LogP contribution in [0.4, 0.5) is 0 Å². The average Bonchev–Trinajstić information content (AvgIpc) is 2.51. The number of rotatable bonds is 2. The van der Waals surface area contributed by atoms with Crippen molar-refractivity contribution in [1.29, 1.82) is 0 Å². The second-order valence-corrected chi connectivity index (χ2v) is 6.21. The molecule has 21 heavy (non-hydrogen) atoms. The smallest absolute Gasteiger partial charge is 0.265 e.